The number of hydrogen-bond acceptors (Lipinski definition) is 4. The molecule has 1 fully saturated rings. The van der Waals surface area contributed by atoms with E-state index < -0.39 is 0 Å². The van der Waals surface area contributed by atoms with Crippen LogP contribution in [-0.4, -0.2) is 15.9 Å². The first-order chi connectivity index (χ1) is 11.7. The summed E-state index contributed by atoms with van der Waals surface area (Å²) in [6.45, 7) is 0. The molecule has 0 saturated heterocycles. The van der Waals surface area contributed by atoms with Gasteiger partial charge in [-0.05, 0) is 37.8 Å². The maximum absolute atomic E-state index is 10.7. The van der Waals surface area contributed by atoms with Crippen molar-refractivity contribution >= 4 is 21.5 Å². The fourth-order valence-corrected chi connectivity index (χ4v) is 4.15. The molecule has 0 aromatic heterocycles. The lowest BCUT2D eigenvalue weighted by atomic mass is 9.90. The third-order valence-corrected chi connectivity index (χ3v) is 5.37. The predicted molar refractivity (Wildman–Crippen MR) is 92.9 cm³/mol. The first-order valence-electron chi connectivity index (χ1n) is 8.53. The highest BCUT2D eigenvalue weighted by atomic mass is 16.3. The van der Waals surface area contributed by atoms with Crippen LogP contribution >= 0.6 is 0 Å². The van der Waals surface area contributed by atoms with Gasteiger partial charge in [0.15, 0.2) is 5.66 Å². The Balaban J connectivity index is 1.87. The minimum absolute atomic E-state index is 0.195. The summed E-state index contributed by atoms with van der Waals surface area (Å²) in [5, 5.41) is 25.6. The second kappa shape index (κ2) is 4.69. The molecule has 0 unspecified atom stereocenters. The van der Waals surface area contributed by atoms with Crippen molar-refractivity contribution in [2.75, 3.05) is 0 Å². The van der Waals surface area contributed by atoms with Crippen LogP contribution in [0.2, 0.25) is 0 Å². The minimum atomic E-state index is -0.317. The van der Waals surface area contributed by atoms with Crippen molar-refractivity contribution in [3.05, 3.63) is 47.1 Å². The van der Waals surface area contributed by atoms with Crippen LogP contribution in [0.5, 0.6) is 11.5 Å². The van der Waals surface area contributed by atoms with Crippen molar-refractivity contribution in [3.8, 4) is 11.5 Å². The zero-order valence-corrected chi connectivity index (χ0v) is 13.3. The summed E-state index contributed by atoms with van der Waals surface area (Å²) >= 11 is 0. The third-order valence-electron chi connectivity index (χ3n) is 5.37. The standard InChI is InChI=1S/C20H18N2O2/c23-18-12-6-2-3-7-13(12)19(24)15-11-17-16(10-14(15)18)21-20(22-17)8-4-1-5-9-20/h2-3,6-7,10-11,23-24H,1,4-5,8-9H2. The van der Waals surface area contributed by atoms with E-state index in [4.69, 9.17) is 9.98 Å². The summed E-state index contributed by atoms with van der Waals surface area (Å²) < 4.78 is 0. The minimum Gasteiger partial charge on any atom is -0.507 e. The number of aromatic hydroxyl groups is 2. The van der Waals surface area contributed by atoms with Crippen LogP contribution in [0.4, 0.5) is 0 Å². The summed E-state index contributed by atoms with van der Waals surface area (Å²) in [6, 6.07) is 11.1. The van der Waals surface area contributed by atoms with E-state index in [9.17, 15) is 10.2 Å². The molecule has 3 aromatic carbocycles. The molecule has 4 nitrogen and oxygen atoms in total. The number of nitrogens with zero attached hydrogens (tertiary/aromatic N) is 2. The van der Waals surface area contributed by atoms with Crippen molar-refractivity contribution in [1.29, 1.82) is 0 Å². The van der Waals surface area contributed by atoms with Gasteiger partial charge < -0.3 is 10.2 Å². The second-order valence-electron chi connectivity index (χ2n) is 6.90. The number of fused-ring (bicyclic) bond motifs is 3. The van der Waals surface area contributed by atoms with Crippen LogP contribution in [-0.2, 0) is 0 Å². The molecular formula is C20H18N2O2. The van der Waals surface area contributed by atoms with Gasteiger partial charge in [-0.15, -0.1) is 0 Å². The van der Waals surface area contributed by atoms with Gasteiger partial charge >= 0.3 is 0 Å². The average Bonchev–Trinajstić information content (AvgIpc) is 2.95. The molecule has 1 heterocycles. The van der Waals surface area contributed by atoms with Crippen LogP contribution in [0.25, 0.3) is 21.5 Å². The Morgan fingerprint density at radius 1 is 0.708 bits per heavy atom. The molecule has 2 aliphatic rings. The van der Waals surface area contributed by atoms with Gasteiger partial charge in [-0.3, -0.25) is 9.98 Å². The number of rotatable bonds is 0. The molecule has 2 N–H and O–H groups in total. The van der Waals surface area contributed by atoms with E-state index in [0.29, 0.717) is 21.5 Å². The Hall–Kier alpha value is -2.62. The zero-order chi connectivity index (χ0) is 16.3. The van der Waals surface area contributed by atoms with Gasteiger partial charge in [0.2, 0.25) is 0 Å². The molecular weight excluding hydrogens is 300 g/mol. The van der Waals surface area contributed by atoms with Gasteiger partial charge in [-0.2, -0.15) is 0 Å². The normalized spacial score (nSPS) is 18.5. The predicted octanol–water partition coefficient (Wildman–Crippen LogP) is 3.32. The lowest BCUT2D eigenvalue weighted by Crippen LogP contribution is -2.25. The van der Waals surface area contributed by atoms with Gasteiger partial charge in [0.25, 0.3) is 0 Å². The molecule has 0 bridgehead atoms. The number of phenolic OH excluding ortho intramolecular Hbond substituents is 2. The Morgan fingerprint density at radius 2 is 1.21 bits per heavy atom. The van der Waals surface area contributed by atoms with E-state index in [-0.39, 0.29) is 17.2 Å². The van der Waals surface area contributed by atoms with Crippen molar-refractivity contribution in [2.24, 2.45) is 9.98 Å². The first-order valence-corrected chi connectivity index (χ1v) is 8.53. The Kier molecular flexibility index (Phi) is 2.70. The fraction of sp³-hybridized carbons (Fsp3) is 0.300. The Labute approximate surface area is 138 Å². The van der Waals surface area contributed by atoms with Crippen LogP contribution in [0.1, 0.15) is 32.1 Å². The molecule has 3 aromatic rings. The third kappa shape index (κ3) is 1.80. The smallest absolute Gasteiger partial charge is 0.151 e. The lowest BCUT2D eigenvalue weighted by molar-refractivity contribution is 0.309. The van der Waals surface area contributed by atoms with Crippen molar-refractivity contribution in [2.45, 2.75) is 37.8 Å². The van der Waals surface area contributed by atoms with Crippen LogP contribution < -0.4 is 10.7 Å². The molecule has 1 aliphatic carbocycles. The SMILES string of the molecule is Oc1c2ccccc2c(O)c2cc3c(cc12)=NC1(CCCCC1)N=3. The summed E-state index contributed by atoms with van der Waals surface area (Å²) in [7, 11) is 0. The largest absolute Gasteiger partial charge is 0.507 e. The van der Waals surface area contributed by atoms with Gasteiger partial charge in [-0.25, -0.2) is 0 Å². The molecule has 24 heavy (non-hydrogen) atoms. The van der Waals surface area contributed by atoms with E-state index in [2.05, 4.69) is 0 Å². The van der Waals surface area contributed by atoms with E-state index in [1.165, 1.54) is 6.42 Å². The highest BCUT2D eigenvalue weighted by Gasteiger charge is 2.33. The number of hydrogen-bond donors (Lipinski definition) is 2. The maximum Gasteiger partial charge on any atom is 0.151 e. The van der Waals surface area contributed by atoms with Crippen molar-refractivity contribution in [3.63, 3.8) is 0 Å². The van der Waals surface area contributed by atoms with Gasteiger partial charge in [0, 0.05) is 21.5 Å². The maximum atomic E-state index is 10.7. The Bertz CT molecular complexity index is 1030. The van der Waals surface area contributed by atoms with E-state index in [1.54, 1.807) is 0 Å². The topological polar surface area (TPSA) is 65.2 Å². The highest BCUT2D eigenvalue weighted by Crippen LogP contribution is 2.40. The van der Waals surface area contributed by atoms with E-state index in [0.717, 1.165) is 36.4 Å². The highest BCUT2D eigenvalue weighted by molar-refractivity contribution is 6.10. The summed E-state index contributed by atoms with van der Waals surface area (Å²) in [4.78, 5) is 9.77. The fourth-order valence-electron chi connectivity index (χ4n) is 4.15. The quantitative estimate of drug-likeness (QED) is 0.493. The molecule has 5 rings (SSSR count). The summed E-state index contributed by atoms with van der Waals surface area (Å²) in [5.74, 6) is 0.391. The van der Waals surface area contributed by atoms with Crippen molar-refractivity contribution in [1.82, 2.24) is 0 Å². The first kappa shape index (κ1) is 13.8. The van der Waals surface area contributed by atoms with Crippen molar-refractivity contribution < 1.29 is 10.2 Å². The Morgan fingerprint density at radius 3 is 1.71 bits per heavy atom. The van der Waals surface area contributed by atoms with Crippen LogP contribution in [0, 0.1) is 0 Å². The number of benzene rings is 3. The van der Waals surface area contributed by atoms with Gasteiger partial charge in [0.1, 0.15) is 11.5 Å². The average molecular weight is 318 g/mol. The lowest BCUT2D eigenvalue weighted by Gasteiger charge is -2.27. The van der Waals surface area contributed by atoms with Crippen LogP contribution in [0.3, 0.4) is 0 Å². The molecule has 120 valence electrons. The molecule has 1 aliphatic heterocycles. The molecule has 1 spiro atoms. The van der Waals surface area contributed by atoms with E-state index >= 15 is 0 Å². The van der Waals surface area contributed by atoms with E-state index in [1.807, 2.05) is 36.4 Å². The summed E-state index contributed by atoms with van der Waals surface area (Å²) in [5.41, 5.74) is -0.317. The molecule has 0 radical (unpaired) electrons. The zero-order valence-electron chi connectivity index (χ0n) is 13.3. The van der Waals surface area contributed by atoms with Gasteiger partial charge in [0.05, 0.1) is 10.7 Å². The molecule has 0 amide bonds. The van der Waals surface area contributed by atoms with Crippen LogP contribution in [0.15, 0.2) is 46.4 Å². The monoisotopic (exact) mass is 318 g/mol. The van der Waals surface area contributed by atoms with Gasteiger partial charge in [-0.1, -0.05) is 30.7 Å². The second-order valence-corrected chi connectivity index (χ2v) is 6.90. The molecule has 0 atom stereocenters. The molecule has 1 saturated carbocycles. The summed E-state index contributed by atoms with van der Waals surface area (Å²) in [6.07, 6.45) is 5.52. The molecule has 4 heteroatoms. The number of phenols is 2.